The van der Waals surface area contributed by atoms with Crippen molar-refractivity contribution in [3.63, 3.8) is 0 Å². The van der Waals surface area contributed by atoms with Crippen LogP contribution in [-0.4, -0.2) is 25.8 Å². The average molecular weight is 357 g/mol. The standard InChI is InChI=1S/C12H12IN3O2/c1-7(2)10-3-8(12(17)18)4-11(15-10)16-6-9(13)5-14-16/h3-7H,1-2H3,(H,17,18). The third-order valence-electron chi connectivity index (χ3n) is 2.46. The number of rotatable bonds is 3. The molecule has 0 amide bonds. The number of carboxylic acid groups (broad SMARTS) is 1. The molecule has 0 spiro atoms. The normalized spacial score (nSPS) is 10.9. The molecular formula is C12H12IN3O2. The van der Waals surface area contributed by atoms with Gasteiger partial charge in [0.25, 0.3) is 0 Å². The summed E-state index contributed by atoms with van der Waals surface area (Å²) in [5.41, 5.74) is 0.976. The second-order valence-corrected chi connectivity index (χ2v) is 5.45. The Labute approximate surface area is 118 Å². The molecule has 2 rings (SSSR count). The van der Waals surface area contributed by atoms with Crippen LogP contribution in [0.3, 0.4) is 0 Å². The van der Waals surface area contributed by atoms with Gasteiger partial charge < -0.3 is 5.11 Å². The van der Waals surface area contributed by atoms with Crippen molar-refractivity contribution >= 4 is 28.6 Å². The van der Waals surface area contributed by atoms with E-state index in [0.29, 0.717) is 5.82 Å². The Hall–Kier alpha value is -1.44. The molecule has 0 bridgehead atoms. The zero-order valence-corrected chi connectivity index (χ0v) is 12.1. The monoisotopic (exact) mass is 357 g/mol. The summed E-state index contributed by atoms with van der Waals surface area (Å²) in [6.07, 6.45) is 3.50. The lowest BCUT2D eigenvalue weighted by Gasteiger charge is -2.09. The molecule has 0 aliphatic rings. The van der Waals surface area contributed by atoms with E-state index in [9.17, 15) is 4.79 Å². The molecule has 0 unspecified atom stereocenters. The summed E-state index contributed by atoms with van der Waals surface area (Å²) in [7, 11) is 0. The van der Waals surface area contributed by atoms with E-state index in [2.05, 4.69) is 32.7 Å². The molecule has 5 nitrogen and oxygen atoms in total. The van der Waals surface area contributed by atoms with Gasteiger partial charge in [-0.3, -0.25) is 0 Å². The summed E-state index contributed by atoms with van der Waals surface area (Å²) in [6.45, 7) is 3.95. The molecule has 0 fully saturated rings. The number of aromatic nitrogens is 3. The largest absolute Gasteiger partial charge is 0.478 e. The Bertz CT molecular complexity index is 593. The van der Waals surface area contributed by atoms with Crippen LogP contribution in [0.4, 0.5) is 0 Å². The highest BCUT2D eigenvalue weighted by Crippen LogP contribution is 2.17. The van der Waals surface area contributed by atoms with Crippen LogP contribution >= 0.6 is 22.6 Å². The van der Waals surface area contributed by atoms with Gasteiger partial charge in [-0.15, -0.1) is 0 Å². The van der Waals surface area contributed by atoms with Crippen molar-refractivity contribution in [2.24, 2.45) is 0 Å². The number of carbonyl (C=O) groups is 1. The predicted molar refractivity (Wildman–Crippen MR) is 75.1 cm³/mol. The van der Waals surface area contributed by atoms with Crippen LogP contribution in [0.2, 0.25) is 0 Å². The molecule has 0 radical (unpaired) electrons. The highest BCUT2D eigenvalue weighted by atomic mass is 127. The van der Waals surface area contributed by atoms with Crippen LogP contribution in [0.5, 0.6) is 0 Å². The van der Waals surface area contributed by atoms with E-state index in [1.54, 1.807) is 23.1 Å². The van der Waals surface area contributed by atoms with Crippen LogP contribution in [0.25, 0.3) is 5.82 Å². The molecule has 6 heteroatoms. The highest BCUT2D eigenvalue weighted by molar-refractivity contribution is 14.1. The van der Waals surface area contributed by atoms with E-state index in [0.717, 1.165) is 9.26 Å². The Morgan fingerprint density at radius 2 is 2.17 bits per heavy atom. The summed E-state index contributed by atoms with van der Waals surface area (Å²) in [4.78, 5) is 15.5. The van der Waals surface area contributed by atoms with E-state index in [1.807, 2.05) is 13.8 Å². The first-order chi connectivity index (χ1) is 8.47. The fourth-order valence-corrected chi connectivity index (χ4v) is 1.89. The van der Waals surface area contributed by atoms with Crippen molar-refractivity contribution in [2.45, 2.75) is 19.8 Å². The van der Waals surface area contributed by atoms with Crippen molar-refractivity contribution in [1.82, 2.24) is 14.8 Å². The molecular weight excluding hydrogens is 345 g/mol. The van der Waals surface area contributed by atoms with Gasteiger partial charge in [-0.05, 0) is 40.6 Å². The summed E-state index contributed by atoms with van der Waals surface area (Å²) in [6, 6.07) is 3.13. The molecule has 94 valence electrons. The van der Waals surface area contributed by atoms with Gasteiger partial charge in [0.1, 0.15) is 0 Å². The molecule has 0 aromatic carbocycles. The molecule has 0 saturated heterocycles. The lowest BCUT2D eigenvalue weighted by Crippen LogP contribution is -2.07. The Balaban J connectivity index is 2.56. The zero-order valence-electron chi connectivity index (χ0n) is 9.96. The van der Waals surface area contributed by atoms with Gasteiger partial charge in [0, 0.05) is 11.9 Å². The van der Waals surface area contributed by atoms with Crippen molar-refractivity contribution in [3.05, 3.63) is 39.4 Å². The number of halogens is 1. The summed E-state index contributed by atoms with van der Waals surface area (Å²) in [5.74, 6) is -0.262. The van der Waals surface area contributed by atoms with E-state index in [4.69, 9.17) is 5.11 Å². The number of aromatic carboxylic acids is 1. The quantitative estimate of drug-likeness (QED) is 0.858. The lowest BCUT2D eigenvalue weighted by molar-refractivity contribution is 0.0696. The van der Waals surface area contributed by atoms with Gasteiger partial charge >= 0.3 is 5.97 Å². The summed E-state index contributed by atoms with van der Waals surface area (Å²) < 4.78 is 2.56. The first-order valence-corrected chi connectivity index (χ1v) is 6.51. The number of carboxylic acids is 1. The van der Waals surface area contributed by atoms with Gasteiger partial charge in [-0.25, -0.2) is 14.5 Å². The fourth-order valence-electron chi connectivity index (χ4n) is 1.50. The van der Waals surface area contributed by atoms with Gasteiger partial charge in [0.2, 0.25) is 0 Å². The zero-order chi connectivity index (χ0) is 13.3. The van der Waals surface area contributed by atoms with Crippen LogP contribution in [0.15, 0.2) is 24.5 Å². The minimum Gasteiger partial charge on any atom is -0.478 e. The maximum absolute atomic E-state index is 11.1. The third kappa shape index (κ3) is 2.69. The molecule has 2 aromatic rings. The van der Waals surface area contributed by atoms with Crippen molar-refractivity contribution in [3.8, 4) is 5.82 Å². The van der Waals surface area contributed by atoms with Crippen LogP contribution < -0.4 is 0 Å². The lowest BCUT2D eigenvalue weighted by atomic mass is 10.1. The Kier molecular flexibility index (Phi) is 3.65. The maximum atomic E-state index is 11.1. The third-order valence-corrected chi connectivity index (χ3v) is 3.01. The predicted octanol–water partition coefficient (Wildman–Crippen LogP) is 2.69. The number of pyridine rings is 1. The summed E-state index contributed by atoms with van der Waals surface area (Å²) >= 11 is 2.14. The molecule has 0 saturated carbocycles. The van der Waals surface area contributed by atoms with Crippen molar-refractivity contribution in [2.75, 3.05) is 0 Å². The van der Waals surface area contributed by atoms with Crippen molar-refractivity contribution < 1.29 is 9.90 Å². The van der Waals surface area contributed by atoms with Crippen LogP contribution in [0, 0.1) is 3.57 Å². The second-order valence-electron chi connectivity index (χ2n) is 4.20. The molecule has 2 aromatic heterocycles. The number of nitrogens with zero attached hydrogens (tertiary/aromatic N) is 3. The van der Waals surface area contributed by atoms with Crippen LogP contribution in [-0.2, 0) is 0 Å². The van der Waals surface area contributed by atoms with Crippen LogP contribution in [0.1, 0.15) is 35.8 Å². The van der Waals surface area contributed by atoms with Gasteiger partial charge in [-0.2, -0.15) is 5.10 Å². The Morgan fingerprint density at radius 3 is 2.67 bits per heavy atom. The van der Waals surface area contributed by atoms with Gasteiger partial charge in [0.05, 0.1) is 15.3 Å². The van der Waals surface area contributed by atoms with E-state index in [-0.39, 0.29) is 11.5 Å². The molecule has 2 heterocycles. The smallest absolute Gasteiger partial charge is 0.335 e. The van der Waals surface area contributed by atoms with E-state index in [1.165, 1.54) is 6.07 Å². The SMILES string of the molecule is CC(C)c1cc(C(=O)O)cc(-n2cc(I)cn2)n1. The highest BCUT2D eigenvalue weighted by Gasteiger charge is 2.12. The molecule has 0 aliphatic heterocycles. The molecule has 0 atom stereocenters. The average Bonchev–Trinajstić information content (AvgIpc) is 2.75. The van der Waals surface area contributed by atoms with E-state index < -0.39 is 5.97 Å². The first-order valence-electron chi connectivity index (χ1n) is 5.43. The molecule has 18 heavy (non-hydrogen) atoms. The maximum Gasteiger partial charge on any atom is 0.335 e. The number of hydrogen-bond acceptors (Lipinski definition) is 3. The van der Waals surface area contributed by atoms with Gasteiger partial charge in [0.15, 0.2) is 5.82 Å². The number of hydrogen-bond donors (Lipinski definition) is 1. The van der Waals surface area contributed by atoms with E-state index >= 15 is 0 Å². The van der Waals surface area contributed by atoms with Gasteiger partial charge in [-0.1, -0.05) is 13.8 Å². The molecule has 0 aliphatic carbocycles. The minimum atomic E-state index is -0.956. The topological polar surface area (TPSA) is 68.0 Å². The fraction of sp³-hybridized carbons (Fsp3) is 0.250. The second kappa shape index (κ2) is 5.05. The van der Waals surface area contributed by atoms with Crippen molar-refractivity contribution in [1.29, 1.82) is 0 Å². The first kappa shape index (κ1) is 13.0. The Morgan fingerprint density at radius 1 is 1.44 bits per heavy atom. The summed E-state index contributed by atoms with van der Waals surface area (Å²) in [5, 5.41) is 13.2. The minimum absolute atomic E-state index is 0.165. The molecule has 1 N–H and O–H groups in total.